The Kier molecular flexibility index (Phi) is 7.95. The summed E-state index contributed by atoms with van der Waals surface area (Å²) in [4.78, 5) is 22.5. The third-order valence-electron chi connectivity index (χ3n) is 11.1. The first-order valence-corrected chi connectivity index (χ1v) is 19.9. The van der Waals surface area contributed by atoms with Crippen LogP contribution in [-0.2, 0) is 0 Å². The van der Waals surface area contributed by atoms with Gasteiger partial charge in [0, 0.05) is 75.0 Å². The number of fused-ring (bicyclic) bond motifs is 6. The van der Waals surface area contributed by atoms with Crippen LogP contribution in [-0.4, -0.2) is 19.9 Å². The topological polar surface area (TPSA) is 97.5 Å². The molecular formula is C52H32N6O3. The van der Waals surface area contributed by atoms with Gasteiger partial charge in [0.05, 0.1) is 11.9 Å². The molecule has 12 aromatic rings. The highest BCUT2D eigenvalue weighted by Gasteiger charge is 2.19. The molecule has 7 aromatic carbocycles. The highest BCUT2D eigenvalue weighted by molar-refractivity contribution is 6.11. The SMILES string of the molecule is c1cncc(N(c2ccc(-c3nc4ccccc4o3)cc2)c2ccc3c(c2)oc2cc4cc(N(c5ccncc5)c5ccc(-c6nc7ccccc7o6)cc5)ccc4cc23)c1. The van der Waals surface area contributed by atoms with E-state index in [4.69, 9.17) is 23.2 Å². The number of nitrogens with zero attached hydrogens (tertiary/aromatic N) is 6. The van der Waals surface area contributed by atoms with Crippen molar-refractivity contribution in [3.05, 3.63) is 195 Å². The average molecular weight is 789 g/mol. The van der Waals surface area contributed by atoms with Crippen LogP contribution in [0, 0.1) is 0 Å². The highest BCUT2D eigenvalue weighted by Crippen LogP contribution is 2.42. The van der Waals surface area contributed by atoms with Crippen molar-refractivity contribution in [1.29, 1.82) is 0 Å². The maximum Gasteiger partial charge on any atom is 0.227 e. The molecule has 0 atom stereocenters. The summed E-state index contributed by atoms with van der Waals surface area (Å²) < 4.78 is 18.8. The Morgan fingerprint density at radius 3 is 1.56 bits per heavy atom. The van der Waals surface area contributed by atoms with Crippen molar-refractivity contribution in [3.8, 4) is 22.9 Å². The van der Waals surface area contributed by atoms with Gasteiger partial charge >= 0.3 is 0 Å². The number of oxazole rings is 2. The van der Waals surface area contributed by atoms with Crippen LogP contribution in [0.3, 0.4) is 0 Å². The number of para-hydroxylation sites is 4. The Bertz CT molecular complexity index is 3310. The summed E-state index contributed by atoms with van der Waals surface area (Å²) in [6.45, 7) is 0. The summed E-state index contributed by atoms with van der Waals surface area (Å²) in [7, 11) is 0. The molecule has 0 amide bonds. The van der Waals surface area contributed by atoms with Crippen molar-refractivity contribution in [2.24, 2.45) is 0 Å². The van der Waals surface area contributed by atoms with Gasteiger partial charge in [-0.3, -0.25) is 9.97 Å². The van der Waals surface area contributed by atoms with Crippen molar-refractivity contribution in [2.75, 3.05) is 9.80 Å². The molecule has 0 spiro atoms. The molecule has 5 aromatic heterocycles. The van der Waals surface area contributed by atoms with Crippen LogP contribution in [0.4, 0.5) is 34.1 Å². The van der Waals surface area contributed by atoms with Crippen LogP contribution in [0.15, 0.2) is 208 Å². The van der Waals surface area contributed by atoms with Gasteiger partial charge in [-0.25, -0.2) is 9.97 Å². The second-order valence-corrected chi connectivity index (χ2v) is 14.8. The summed E-state index contributed by atoms with van der Waals surface area (Å²) in [5.41, 5.74) is 12.4. The van der Waals surface area contributed by atoms with Crippen LogP contribution < -0.4 is 9.80 Å². The monoisotopic (exact) mass is 788 g/mol. The Morgan fingerprint density at radius 2 is 0.918 bits per heavy atom. The lowest BCUT2D eigenvalue weighted by Crippen LogP contribution is -2.10. The minimum absolute atomic E-state index is 0.584. The van der Waals surface area contributed by atoms with E-state index in [0.717, 1.165) is 100 Å². The molecule has 288 valence electrons. The molecule has 9 heteroatoms. The Morgan fingerprint density at radius 1 is 0.344 bits per heavy atom. The summed E-state index contributed by atoms with van der Waals surface area (Å²) in [5.74, 6) is 1.17. The van der Waals surface area contributed by atoms with E-state index in [0.29, 0.717) is 11.8 Å². The Labute approximate surface area is 348 Å². The minimum Gasteiger partial charge on any atom is -0.456 e. The largest absolute Gasteiger partial charge is 0.456 e. The van der Waals surface area contributed by atoms with Gasteiger partial charge in [0.15, 0.2) is 11.2 Å². The van der Waals surface area contributed by atoms with Gasteiger partial charge in [-0.15, -0.1) is 0 Å². The number of pyridine rings is 2. The smallest absolute Gasteiger partial charge is 0.227 e. The first-order valence-electron chi connectivity index (χ1n) is 19.9. The van der Waals surface area contributed by atoms with E-state index in [2.05, 4.69) is 98.6 Å². The van der Waals surface area contributed by atoms with Crippen molar-refractivity contribution in [3.63, 3.8) is 0 Å². The fraction of sp³-hybridized carbons (Fsp3) is 0. The summed E-state index contributed by atoms with van der Waals surface area (Å²) >= 11 is 0. The molecule has 5 heterocycles. The number of furan rings is 1. The van der Waals surface area contributed by atoms with E-state index < -0.39 is 0 Å². The average Bonchev–Trinajstić information content (AvgIpc) is 4.05. The van der Waals surface area contributed by atoms with Crippen LogP contribution in [0.1, 0.15) is 0 Å². The van der Waals surface area contributed by atoms with Crippen LogP contribution in [0.2, 0.25) is 0 Å². The molecule has 0 aliphatic heterocycles. The molecule has 0 unspecified atom stereocenters. The molecule has 12 rings (SSSR count). The van der Waals surface area contributed by atoms with Crippen LogP contribution in [0.25, 0.3) is 77.8 Å². The first-order chi connectivity index (χ1) is 30.2. The first kappa shape index (κ1) is 34.5. The predicted octanol–water partition coefficient (Wildman–Crippen LogP) is 14.1. The summed E-state index contributed by atoms with van der Waals surface area (Å²) in [6.07, 6.45) is 7.27. The normalized spacial score (nSPS) is 11.6. The fourth-order valence-electron chi connectivity index (χ4n) is 8.14. The molecule has 0 radical (unpaired) electrons. The number of anilines is 6. The van der Waals surface area contributed by atoms with E-state index in [1.807, 2.05) is 110 Å². The van der Waals surface area contributed by atoms with E-state index in [1.54, 1.807) is 6.20 Å². The highest BCUT2D eigenvalue weighted by atomic mass is 16.4. The molecule has 0 aliphatic rings. The van der Waals surface area contributed by atoms with E-state index >= 15 is 0 Å². The lowest BCUT2D eigenvalue weighted by molar-refractivity contribution is 0.619. The quantitative estimate of drug-likeness (QED) is 0.149. The van der Waals surface area contributed by atoms with Gasteiger partial charge in [-0.2, -0.15) is 0 Å². The van der Waals surface area contributed by atoms with Gasteiger partial charge in [0.2, 0.25) is 11.8 Å². The molecule has 9 nitrogen and oxygen atoms in total. The maximum absolute atomic E-state index is 6.68. The molecule has 0 N–H and O–H groups in total. The summed E-state index contributed by atoms with van der Waals surface area (Å²) in [6, 6.07) is 57.4. The number of hydrogen-bond acceptors (Lipinski definition) is 9. The van der Waals surface area contributed by atoms with Crippen molar-refractivity contribution in [1.82, 2.24) is 19.9 Å². The lowest BCUT2D eigenvalue weighted by atomic mass is 10.0. The molecule has 61 heavy (non-hydrogen) atoms. The molecule has 0 fully saturated rings. The van der Waals surface area contributed by atoms with Crippen molar-refractivity contribution in [2.45, 2.75) is 0 Å². The third-order valence-corrected chi connectivity index (χ3v) is 11.1. The second kappa shape index (κ2) is 14.1. The van der Waals surface area contributed by atoms with Crippen LogP contribution in [0.5, 0.6) is 0 Å². The van der Waals surface area contributed by atoms with Gasteiger partial charge in [0.1, 0.15) is 22.2 Å². The zero-order valence-electron chi connectivity index (χ0n) is 32.4. The lowest BCUT2D eigenvalue weighted by Gasteiger charge is -2.25. The van der Waals surface area contributed by atoms with Gasteiger partial charge < -0.3 is 23.1 Å². The van der Waals surface area contributed by atoms with Crippen molar-refractivity contribution < 1.29 is 13.3 Å². The standard InChI is InChI=1S/C52H32N6O3/c1-3-9-47-45(7-1)55-51(60-47)33-11-16-37(17-12-33)57(39-23-26-53-27-24-39)40-20-15-35-29-44-43-22-21-41(31-50(43)59-49(44)30-36(35)28-40)58(42-6-5-25-54-32-42)38-18-13-34(14-19-38)52-56-46-8-2-4-10-48(46)61-52/h1-32H. The molecule has 0 aliphatic carbocycles. The van der Waals surface area contributed by atoms with Crippen molar-refractivity contribution >= 4 is 89.0 Å². The predicted molar refractivity (Wildman–Crippen MR) is 242 cm³/mol. The van der Waals surface area contributed by atoms with Gasteiger partial charge in [-0.1, -0.05) is 30.3 Å². The molecular weight excluding hydrogens is 757 g/mol. The Hall–Kier alpha value is -8.56. The fourth-order valence-corrected chi connectivity index (χ4v) is 8.14. The Balaban J connectivity index is 0.903. The number of hydrogen-bond donors (Lipinski definition) is 0. The molecule has 0 saturated carbocycles. The minimum atomic E-state index is 0.584. The molecule has 0 saturated heterocycles. The van der Waals surface area contributed by atoms with E-state index in [9.17, 15) is 0 Å². The number of aromatic nitrogens is 4. The zero-order valence-corrected chi connectivity index (χ0v) is 32.4. The van der Waals surface area contributed by atoms with E-state index in [1.165, 1.54) is 0 Å². The maximum atomic E-state index is 6.68. The molecule has 0 bridgehead atoms. The summed E-state index contributed by atoms with van der Waals surface area (Å²) in [5, 5.41) is 4.26. The third kappa shape index (κ3) is 6.11. The number of rotatable bonds is 8. The van der Waals surface area contributed by atoms with Gasteiger partial charge in [0.25, 0.3) is 0 Å². The van der Waals surface area contributed by atoms with Gasteiger partial charge in [-0.05, 0) is 144 Å². The van der Waals surface area contributed by atoms with E-state index in [-0.39, 0.29) is 0 Å². The van der Waals surface area contributed by atoms with Crippen LogP contribution >= 0.6 is 0 Å². The zero-order chi connectivity index (χ0) is 40.3. The number of benzene rings is 7. The second-order valence-electron chi connectivity index (χ2n) is 14.8.